The highest BCUT2D eigenvalue weighted by atomic mass is 16.5. The van der Waals surface area contributed by atoms with E-state index in [0.717, 1.165) is 16.9 Å². The van der Waals surface area contributed by atoms with Crippen molar-refractivity contribution in [3.05, 3.63) is 34.4 Å². The molecule has 0 unspecified atom stereocenters. The summed E-state index contributed by atoms with van der Waals surface area (Å²) in [4.78, 5) is 11.2. The number of hydrogen-bond donors (Lipinski definition) is 1. The topological polar surface area (TPSA) is 46.5 Å². The van der Waals surface area contributed by atoms with Gasteiger partial charge in [-0.3, -0.25) is 0 Å². The van der Waals surface area contributed by atoms with Crippen LogP contribution in [-0.2, 0) is 15.6 Å². The molecule has 0 fully saturated rings. The maximum Gasteiger partial charge on any atom is 0.331 e. The molecule has 0 heterocycles. The zero-order chi connectivity index (χ0) is 17.3. The molecule has 1 aromatic rings. The van der Waals surface area contributed by atoms with Crippen molar-refractivity contribution in [2.24, 2.45) is 0 Å². The summed E-state index contributed by atoms with van der Waals surface area (Å²) >= 11 is 0. The van der Waals surface area contributed by atoms with E-state index in [1.807, 2.05) is 6.07 Å². The van der Waals surface area contributed by atoms with Gasteiger partial charge < -0.3 is 9.84 Å². The molecule has 0 aromatic heterocycles. The summed E-state index contributed by atoms with van der Waals surface area (Å²) in [5, 5.41) is 9.16. The Morgan fingerprint density at radius 2 is 1.64 bits per heavy atom. The first-order chi connectivity index (χ1) is 9.87. The number of hydrogen-bond acceptors (Lipinski definition) is 2. The molecule has 0 atom stereocenters. The Morgan fingerprint density at radius 1 is 1.09 bits per heavy atom. The Balaban J connectivity index is 3.74. The lowest BCUT2D eigenvalue weighted by Gasteiger charge is -2.28. The molecule has 0 radical (unpaired) electrons. The van der Waals surface area contributed by atoms with Crippen LogP contribution in [-0.4, -0.2) is 18.2 Å². The van der Waals surface area contributed by atoms with Crippen molar-refractivity contribution < 1.29 is 14.6 Å². The molecule has 3 nitrogen and oxygen atoms in total. The molecule has 1 N–H and O–H groups in total. The lowest BCUT2D eigenvalue weighted by atomic mass is 9.78. The molecule has 0 aliphatic heterocycles. The van der Waals surface area contributed by atoms with Gasteiger partial charge in [0.15, 0.2) is 0 Å². The van der Waals surface area contributed by atoms with Gasteiger partial charge in [-0.05, 0) is 35.5 Å². The second kappa shape index (κ2) is 6.15. The third-order valence-corrected chi connectivity index (χ3v) is 3.71. The van der Waals surface area contributed by atoms with Gasteiger partial charge >= 0.3 is 5.97 Å². The maximum absolute atomic E-state index is 11.2. The summed E-state index contributed by atoms with van der Waals surface area (Å²) in [7, 11) is 1.63. The van der Waals surface area contributed by atoms with Crippen molar-refractivity contribution in [3.8, 4) is 5.75 Å². The van der Waals surface area contributed by atoms with Gasteiger partial charge in [-0.25, -0.2) is 4.79 Å². The smallest absolute Gasteiger partial charge is 0.331 e. The Kier molecular flexibility index (Phi) is 5.11. The predicted molar refractivity (Wildman–Crippen MR) is 91.7 cm³/mol. The standard InChI is InChI=1S/C19H28O3/c1-12(17(20)21)9-13-10-14(18(2,3)4)11-15(16(13)22-8)19(5,6)7/h9-11H,1-8H3,(H,20,21)/b12-9+. The van der Waals surface area contributed by atoms with E-state index in [9.17, 15) is 4.79 Å². The molecule has 0 aliphatic rings. The molecule has 1 rings (SSSR count). The molecular formula is C19H28O3. The van der Waals surface area contributed by atoms with E-state index in [1.165, 1.54) is 5.56 Å². The van der Waals surface area contributed by atoms with Crippen LogP contribution in [0.1, 0.15) is 65.2 Å². The first kappa shape index (κ1) is 18.3. The third-order valence-electron chi connectivity index (χ3n) is 3.71. The van der Waals surface area contributed by atoms with Gasteiger partial charge in [0, 0.05) is 16.7 Å². The largest absolute Gasteiger partial charge is 0.496 e. The van der Waals surface area contributed by atoms with Crippen LogP contribution >= 0.6 is 0 Å². The Labute approximate surface area is 134 Å². The van der Waals surface area contributed by atoms with Crippen molar-refractivity contribution in [1.82, 2.24) is 0 Å². The zero-order valence-corrected chi connectivity index (χ0v) is 15.0. The van der Waals surface area contributed by atoms with Crippen molar-refractivity contribution in [2.45, 2.75) is 59.3 Å². The summed E-state index contributed by atoms with van der Waals surface area (Å²) in [6.07, 6.45) is 1.69. The van der Waals surface area contributed by atoms with Gasteiger partial charge in [0.2, 0.25) is 0 Å². The summed E-state index contributed by atoms with van der Waals surface area (Å²) in [6, 6.07) is 4.20. The number of rotatable bonds is 3. The molecular weight excluding hydrogens is 276 g/mol. The van der Waals surface area contributed by atoms with E-state index in [2.05, 4.69) is 47.6 Å². The molecule has 0 spiro atoms. The fraction of sp³-hybridized carbons (Fsp3) is 0.526. The molecule has 1 aromatic carbocycles. The Morgan fingerprint density at radius 3 is 2.00 bits per heavy atom. The second-order valence-corrected chi connectivity index (χ2v) is 7.78. The second-order valence-electron chi connectivity index (χ2n) is 7.78. The minimum absolute atomic E-state index is 0.0218. The van der Waals surface area contributed by atoms with E-state index in [0.29, 0.717) is 5.57 Å². The van der Waals surface area contributed by atoms with Crippen LogP contribution in [0, 0.1) is 0 Å². The van der Waals surface area contributed by atoms with Gasteiger partial charge in [0.25, 0.3) is 0 Å². The number of ether oxygens (including phenoxy) is 1. The van der Waals surface area contributed by atoms with Gasteiger partial charge in [-0.1, -0.05) is 47.6 Å². The highest BCUT2D eigenvalue weighted by Crippen LogP contribution is 2.39. The zero-order valence-electron chi connectivity index (χ0n) is 15.0. The Hall–Kier alpha value is -1.77. The molecule has 3 heteroatoms. The van der Waals surface area contributed by atoms with Crippen LogP contribution in [0.5, 0.6) is 5.75 Å². The molecule has 0 aliphatic carbocycles. The van der Waals surface area contributed by atoms with E-state index in [1.54, 1.807) is 20.1 Å². The van der Waals surface area contributed by atoms with Gasteiger partial charge in [0.05, 0.1) is 7.11 Å². The summed E-state index contributed by atoms with van der Waals surface area (Å²) in [6.45, 7) is 14.5. The third kappa shape index (κ3) is 4.12. The number of carboxylic acid groups (broad SMARTS) is 1. The first-order valence-corrected chi connectivity index (χ1v) is 7.52. The van der Waals surface area contributed by atoms with Gasteiger partial charge in [-0.2, -0.15) is 0 Å². The van der Waals surface area contributed by atoms with Crippen molar-refractivity contribution in [2.75, 3.05) is 7.11 Å². The van der Waals surface area contributed by atoms with E-state index in [4.69, 9.17) is 9.84 Å². The van der Waals surface area contributed by atoms with Crippen LogP contribution < -0.4 is 4.74 Å². The number of methoxy groups -OCH3 is 1. The minimum atomic E-state index is -0.916. The van der Waals surface area contributed by atoms with Crippen molar-refractivity contribution >= 4 is 12.0 Å². The lowest BCUT2D eigenvalue weighted by Crippen LogP contribution is -2.18. The number of benzene rings is 1. The van der Waals surface area contributed by atoms with Crippen LogP contribution in [0.25, 0.3) is 6.08 Å². The fourth-order valence-electron chi connectivity index (χ4n) is 2.27. The highest BCUT2D eigenvalue weighted by molar-refractivity contribution is 5.92. The SMILES string of the molecule is COc1c(/C=C(\C)C(=O)O)cc(C(C)(C)C)cc1C(C)(C)C. The van der Waals surface area contributed by atoms with E-state index in [-0.39, 0.29) is 10.8 Å². The number of carbonyl (C=O) groups is 1. The van der Waals surface area contributed by atoms with Crippen molar-refractivity contribution in [1.29, 1.82) is 0 Å². The first-order valence-electron chi connectivity index (χ1n) is 7.52. The minimum Gasteiger partial charge on any atom is -0.496 e. The monoisotopic (exact) mass is 304 g/mol. The number of carboxylic acids is 1. The summed E-state index contributed by atoms with van der Waals surface area (Å²) in [5.41, 5.74) is 3.26. The van der Waals surface area contributed by atoms with Crippen molar-refractivity contribution in [3.63, 3.8) is 0 Å². The Bertz CT molecular complexity index is 596. The van der Waals surface area contributed by atoms with E-state index < -0.39 is 5.97 Å². The van der Waals surface area contributed by atoms with Gasteiger partial charge in [0.1, 0.15) is 5.75 Å². The number of aliphatic carboxylic acids is 1. The van der Waals surface area contributed by atoms with Gasteiger partial charge in [-0.15, -0.1) is 0 Å². The van der Waals surface area contributed by atoms with Crippen LogP contribution in [0.3, 0.4) is 0 Å². The molecule has 0 amide bonds. The predicted octanol–water partition coefficient (Wildman–Crippen LogP) is 4.78. The maximum atomic E-state index is 11.2. The fourth-order valence-corrected chi connectivity index (χ4v) is 2.27. The van der Waals surface area contributed by atoms with Crippen LogP contribution in [0.15, 0.2) is 17.7 Å². The molecule has 0 saturated heterocycles. The van der Waals surface area contributed by atoms with E-state index >= 15 is 0 Å². The quantitative estimate of drug-likeness (QED) is 0.818. The average molecular weight is 304 g/mol. The average Bonchev–Trinajstić information content (AvgIpc) is 2.35. The highest BCUT2D eigenvalue weighted by Gasteiger charge is 2.25. The summed E-state index contributed by atoms with van der Waals surface area (Å²) < 4.78 is 5.61. The molecule has 0 bridgehead atoms. The normalized spacial score (nSPS) is 13.2. The lowest BCUT2D eigenvalue weighted by molar-refractivity contribution is -0.132. The molecule has 22 heavy (non-hydrogen) atoms. The molecule has 122 valence electrons. The van der Waals surface area contributed by atoms with Crippen LogP contribution in [0.2, 0.25) is 0 Å². The summed E-state index contributed by atoms with van der Waals surface area (Å²) in [5.74, 6) is -0.165. The molecule has 0 saturated carbocycles. The van der Waals surface area contributed by atoms with Crippen LogP contribution in [0.4, 0.5) is 0 Å².